The SMILES string of the molecule is CCCCc1cc2c3c4[n+](ccc3c1)C(CC)(CC)C(c1ccc(F)c3c1-c1c5c(cccc5cc[n+]1C)C3(C)C)=Cc1ccc(F)c(c1-4)C2(C)C. The Bertz CT molecular complexity index is 2570. The molecule has 2 nitrogen and oxygen atoms in total. The number of unbranched alkanes of at least 4 members (excludes halogenated alkanes) is 1. The fraction of sp³-hybridized carbons (Fsp3) is 0.333. The molecule has 2 aliphatic carbocycles. The lowest BCUT2D eigenvalue weighted by Gasteiger charge is -2.37. The van der Waals surface area contributed by atoms with Crippen molar-refractivity contribution in [1.82, 2.24) is 0 Å². The van der Waals surface area contributed by atoms with Gasteiger partial charge in [-0.3, -0.25) is 0 Å². The summed E-state index contributed by atoms with van der Waals surface area (Å²) < 4.78 is 37.9. The van der Waals surface area contributed by atoms with Gasteiger partial charge in [0.05, 0.1) is 21.9 Å². The number of hydrogen-bond donors (Lipinski definition) is 0. The van der Waals surface area contributed by atoms with Crippen molar-refractivity contribution < 1.29 is 17.9 Å². The van der Waals surface area contributed by atoms with Gasteiger partial charge in [-0.05, 0) is 69.6 Å². The molecule has 0 fully saturated rings. The summed E-state index contributed by atoms with van der Waals surface area (Å²) in [6, 6.07) is 23.0. The highest BCUT2D eigenvalue weighted by atomic mass is 19.1. The first-order valence-corrected chi connectivity index (χ1v) is 19.2. The lowest BCUT2D eigenvalue weighted by molar-refractivity contribution is -0.739. The van der Waals surface area contributed by atoms with E-state index in [1.54, 1.807) is 12.1 Å². The molecule has 52 heavy (non-hydrogen) atoms. The Balaban J connectivity index is 1.45. The van der Waals surface area contributed by atoms with E-state index < -0.39 is 16.4 Å². The lowest BCUT2D eigenvalue weighted by atomic mass is 9.66. The van der Waals surface area contributed by atoms with Crippen molar-refractivity contribution in [3.8, 4) is 22.5 Å². The van der Waals surface area contributed by atoms with Gasteiger partial charge in [0.1, 0.15) is 18.7 Å². The van der Waals surface area contributed by atoms with E-state index in [2.05, 4.69) is 126 Å². The topological polar surface area (TPSA) is 7.76 Å². The molecule has 0 saturated carbocycles. The van der Waals surface area contributed by atoms with Gasteiger partial charge in [-0.15, -0.1) is 0 Å². The van der Waals surface area contributed by atoms with Gasteiger partial charge in [0.15, 0.2) is 17.9 Å². The first-order valence-electron chi connectivity index (χ1n) is 19.2. The highest BCUT2D eigenvalue weighted by molar-refractivity contribution is 6.07. The van der Waals surface area contributed by atoms with Crippen LogP contribution in [0.4, 0.5) is 8.78 Å². The molecule has 0 N–H and O–H groups in total. The minimum absolute atomic E-state index is 0.163. The number of aromatic nitrogens is 2. The number of pyridine rings is 2. The number of benzene rings is 4. The van der Waals surface area contributed by atoms with Crippen molar-refractivity contribution in [3.05, 3.63) is 130 Å². The zero-order valence-corrected chi connectivity index (χ0v) is 31.8. The van der Waals surface area contributed by atoms with E-state index in [4.69, 9.17) is 0 Å². The fourth-order valence-electron chi connectivity index (χ4n) is 10.6. The molecule has 1 aliphatic heterocycles. The van der Waals surface area contributed by atoms with Crippen LogP contribution in [-0.4, -0.2) is 0 Å². The smallest absolute Gasteiger partial charge is 0.207 e. The van der Waals surface area contributed by atoms with E-state index in [9.17, 15) is 0 Å². The molecule has 3 aliphatic rings. The zero-order valence-electron chi connectivity index (χ0n) is 31.8. The molecule has 0 atom stereocenters. The predicted octanol–water partition coefficient (Wildman–Crippen LogP) is 11.4. The number of fused-ring (bicyclic) bond motifs is 2. The summed E-state index contributed by atoms with van der Waals surface area (Å²) in [4.78, 5) is 0. The monoisotopic (exact) mass is 690 g/mol. The summed E-state index contributed by atoms with van der Waals surface area (Å²) in [5.41, 5.74) is 10.8. The zero-order chi connectivity index (χ0) is 36.5. The third kappa shape index (κ3) is 4.10. The standard InChI is InChI=1S/C48H48F2N2/c1-9-12-14-28-25-31-22-24-52-45-39(31)35(26-28)47(6,7)42-36(49)19-17-30(40(42)45)27-34(48(52,10-2)11-3)32-18-20-37(50)43-41(32)44-38-29(21-23-51(44)8)15-13-16-33(38)46(43,4)5/h13,15-27H,9-12,14H2,1-8H3/q+2. The summed E-state index contributed by atoms with van der Waals surface area (Å²) in [7, 11) is 2.08. The van der Waals surface area contributed by atoms with Gasteiger partial charge in [0.25, 0.3) is 0 Å². The Morgan fingerprint density at radius 1 is 0.673 bits per heavy atom. The van der Waals surface area contributed by atoms with E-state index in [0.29, 0.717) is 0 Å². The maximum Gasteiger partial charge on any atom is 0.222 e. The normalized spacial score (nSPS) is 16.8. The second kappa shape index (κ2) is 11.2. The minimum Gasteiger partial charge on any atom is -0.207 e. The third-order valence-electron chi connectivity index (χ3n) is 13.2. The predicted molar refractivity (Wildman–Crippen MR) is 209 cm³/mol. The molecule has 6 aromatic rings. The number of aryl methyl sites for hydroxylation is 2. The first kappa shape index (κ1) is 33.2. The van der Waals surface area contributed by atoms with Crippen molar-refractivity contribution in [3.63, 3.8) is 0 Å². The maximum absolute atomic E-state index is 16.6. The Kier molecular flexibility index (Phi) is 7.11. The number of halogens is 2. The average Bonchev–Trinajstić information content (AvgIpc) is 3.25. The third-order valence-corrected chi connectivity index (χ3v) is 13.2. The van der Waals surface area contributed by atoms with Crippen molar-refractivity contribution in [2.45, 2.75) is 96.9 Å². The highest BCUT2D eigenvalue weighted by Gasteiger charge is 2.52. The van der Waals surface area contributed by atoms with Crippen LogP contribution in [0.3, 0.4) is 0 Å². The summed E-state index contributed by atoms with van der Waals surface area (Å²) in [6.45, 7) is 15.5. The van der Waals surface area contributed by atoms with Crippen LogP contribution in [0.25, 0.3) is 55.7 Å². The van der Waals surface area contributed by atoms with Crippen LogP contribution < -0.4 is 9.13 Å². The number of nitrogens with zero attached hydrogens (tertiary/aromatic N) is 2. The second-order valence-electron chi connectivity index (χ2n) is 16.6. The Hall–Kier alpha value is -4.70. The van der Waals surface area contributed by atoms with Crippen molar-refractivity contribution in [2.75, 3.05) is 0 Å². The van der Waals surface area contributed by atoms with Gasteiger partial charge in [0.2, 0.25) is 11.4 Å². The molecular weight excluding hydrogens is 643 g/mol. The van der Waals surface area contributed by atoms with Crippen LogP contribution in [0, 0.1) is 11.6 Å². The Labute approximate surface area is 306 Å². The molecule has 0 saturated heterocycles. The molecule has 0 radical (unpaired) electrons. The molecular formula is C48H48F2N2+2. The van der Waals surface area contributed by atoms with E-state index in [1.807, 2.05) is 12.1 Å². The molecule has 9 rings (SSSR count). The number of rotatable bonds is 6. The summed E-state index contributed by atoms with van der Waals surface area (Å²) in [5, 5.41) is 4.77. The molecule has 0 spiro atoms. The van der Waals surface area contributed by atoms with Crippen molar-refractivity contribution in [2.24, 2.45) is 7.05 Å². The van der Waals surface area contributed by atoms with Gasteiger partial charge in [-0.2, -0.15) is 4.57 Å². The molecule has 0 unspecified atom stereocenters. The van der Waals surface area contributed by atoms with Gasteiger partial charge in [-0.1, -0.05) is 97.4 Å². The Morgan fingerprint density at radius 3 is 2.08 bits per heavy atom. The second-order valence-corrected chi connectivity index (χ2v) is 16.6. The van der Waals surface area contributed by atoms with Gasteiger partial charge in [0, 0.05) is 52.5 Å². The van der Waals surface area contributed by atoms with E-state index in [1.165, 1.54) is 27.3 Å². The molecule has 0 amide bonds. The molecule has 4 aromatic carbocycles. The Morgan fingerprint density at radius 2 is 1.35 bits per heavy atom. The summed E-state index contributed by atoms with van der Waals surface area (Å²) in [5.74, 6) is -0.348. The van der Waals surface area contributed by atoms with Crippen LogP contribution in [0.1, 0.15) is 113 Å². The summed E-state index contributed by atoms with van der Waals surface area (Å²) in [6.07, 6.45) is 11.6. The molecule has 0 bridgehead atoms. The van der Waals surface area contributed by atoms with Crippen molar-refractivity contribution in [1.29, 1.82) is 0 Å². The van der Waals surface area contributed by atoms with E-state index >= 15 is 8.78 Å². The minimum atomic E-state index is -0.574. The molecule has 4 heteroatoms. The van der Waals surface area contributed by atoms with Crippen LogP contribution in [0.2, 0.25) is 0 Å². The van der Waals surface area contributed by atoms with Crippen LogP contribution in [-0.2, 0) is 29.8 Å². The molecule has 3 heterocycles. The lowest BCUT2D eigenvalue weighted by Crippen LogP contribution is -2.57. The van der Waals surface area contributed by atoms with Gasteiger partial charge in [-0.25, -0.2) is 13.3 Å². The number of hydrogen-bond acceptors (Lipinski definition) is 0. The van der Waals surface area contributed by atoms with Crippen LogP contribution >= 0.6 is 0 Å². The van der Waals surface area contributed by atoms with Crippen LogP contribution in [0.15, 0.2) is 79.1 Å². The quantitative estimate of drug-likeness (QED) is 0.154. The molecule has 262 valence electrons. The average molecular weight is 691 g/mol. The molecule has 2 aromatic heterocycles. The van der Waals surface area contributed by atoms with Crippen LogP contribution in [0.5, 0.6) is 0 Å². The number of allylic oxidation sites excluding steroid dienone is 1. The van der Waals surface area contributed by atoms with Gasteiger partial charge < -0.3 is 0 Å². The van der Waals surface area contributed by atoms with E-state index in [0.717, 1.165) is 93.4 Å². The van der Waals surface area contributed by atoms with Gasteiger partial charge >= 0.3 is 0 Å². The highest BCUT2D eigenvalue weighted by Crippen LogP contribution is 2.56. The van der Waals surface area contributed by atoms with Crippen molar-refractivity contribution >= 4 is 33.2 Å². The first-order chi connectivity index (χ1) is 24.9. The largest absolute Gasteiger partial charge is 0.222 e. The summed E-state index contributed by atoms with van der Waals surface area (Å²) >= 11 is 0. The van der Waals surface area contributed by atoms with E-state index in [-0.39, 0.29) is 11.6 Å². The maximum atomic E-state index is 16.6. The fourth-order valence-corrected chi connectivity index (χ4v) is 10.6.